The highest BCUT2D eigenvalue weighted by Gasteiger charge is 2.26. The summed E-state index contributed by atoms with van der Waals surface area (Å²) in [7, 11) is 1.50. The number of aromatic hydroxyl groups is 1. The van der Waals surface area contributed by atoms with Gasteiger partial charge in [-0.1, -0.05) is 0 Å². The largest absolute Gasteiger partial charge is 0.508 e. The maximum Gasteiger partial charge on any atom is 0.253 e. The second kappa shape index (κ2) is 9.74. The van der Waals surface area contributed by atoms with Gasteiger partial charge >= 0.3 is 0 Å². The van der Waals surface area contributed by atoms with Crippen LogP contribution in [0.15, 0.2) is 24.3 Å². The van der Waals surface area contributed by atoms with Crippen LogP contribution < -0.4 is 10.6 Å². The van der Waals surface area contributed by atoms with Crippen LogP contribution in [0.4, 0.5) is 5.69 Å². The number of hydrogen-bond acceptors (Lipinski definition) is 5. The predicted molar refractivity (Wildman–Crippen MR) is 91.2 cm³/mol. The molecule has 0 radical (unpaired) electrons. The van der Waals surface area contributed by atoms with Crippen molar-refractivity contribution in [2.24, 2.45) is 5.73 Å². The fraction of sp³-hybridized carbons (Fsp3) is 0.500. The van der Waals surface area contributed by atoms with Crippen molar-refractivity contribution >= 4 is 36.4 Å². The molecule has 1 heterocycles. The van der Waals surface area contributed by atoms with Crippen LogP contribution in [0.3, 0.4) is 0 Å². The fourth-order valence-corrected chi connectivity index (χ4v) is 2.35. The molecule has 126 valence electrons. The topological polar surface area (TPSA) is 79.0 Å². The predicted octanol–water partition coefficient (Wildman–Crippen LogP) is 0.858. The van der Waals surface area contributed by atoms with Crippen molar-refractivity contribution in [1.29, 1.82) is 0 Å². The molecule has 1 aromatic carbocycles. The average Bonchev–Trinajstić information content (AvgIpc) is 2.49. The van der Waals surface area contributed by atoms with Gasteiger partial charge in [-0.05, 0) is 24.3 Å². The van der Waals surface area contributed by atoms with E-state index in [0.717, 1.165) is 18.8 Å². The van der Waals surface area contributed by atoms with E-state index in [-0.39, 0.29) is 43.0 Å². The molecule has 22 heavy (non-hydrogen) atoms. The lowest BCUT2D eigenvalue weighted by atomic mass is 10.2. The van der Waals surface area contributed by atoms with Crippen LogP contribution in [-0.2, 0) is 9.53 Å². The zero-order chi connectivity index (χ0) is 14.5. The molecule has 6 nitrogen and oxygen atoms in total. The number of rotatable bonds is 4. The van der Waals surface area contributed by atoms with Gasteiger partial charge < -0.3 is 25.4 Å². The number of anilines is 1. The summed E-state index contributed by atoms with van der Waals surface area (Å²) in [6, 6.07) is 7.10. The van der Waals surface area contributed by atoms with Gasteiger partial charge in [-0.3, -0.25) is 4.79 Å². The Labute approximate surface area is 143 Å². The minimum atomic E-state index is -0.546. The van der Waals surface area contributed by atoms with E-state index >= 15 is 0 Å². The van der Waals surface area contributed by atoms with E-state index in [1.54, 1.807) is 17.0 Å². The van der Waals surface area contributed by atoms with E-state index in [2.05, 4.69) is 4.90 Å². The second-order valence-corrected chi connectivity index (χ2v) is 4.79. The lowest BCUT2D eigenvalue weighted by Gasteiger charge is -2.37. The quantitative estimate of drug-likeness (QED) is 0.840. The summed E-state index contributed by atoms with van der Waals surface area (Å²) in [6.45, 7) is 3.03. The van der Waals surface area contributed by atoms with Gasteiger partial charge in [0.2, 0.25) is 0 Å². The molecule has 1 saturated heterocycles. The molecule has 1 unspecified atom stereocenters. The number of ether oxygens (including phenoxy) is 1. The molecule has 1 aliphatic heterocycles. The van der Waals surface area contributed by atoms with Gasteiger partial charge in [0.25, 0.3) is 5.91 Å². The van der Waals surface area contributed by atoms with Crippen molar-refractivity contribution in [3.05, 3.63) is 24.3 Å². The van der Waals surface area contributed by atoms with Crippen molar-refractivity contribution in [2.75, 3.05) is 44.7 Å². The maximum atomic E-state index is 12.1. The molecule has 0 bridgehead atoms. The minimum absolute atomic E-state index is 0. The molecule has 2 rings (SSSR count). The number of halogens is 2. The molecule has 8 heteroatoms. The first kappa shape index (κ1) is 20.8. The smallest absolute Gasteiger partial charge is 0.253 e. The van der Waals surface area contributed by atoms with Gasteiger partial charge in [0.1, 0.15) is 11.9 Å². The van der Waals surface area contributed by atoms with E-state index < -0.39 is 6.10 Å². The van der Waals surface area contributed by atoms with Crippen molar-refractivity contribution in [1.82, 2.24) is 4.90 Å². The van der Waals surface area contributed by atoms with Crippen molar-refractivity contribution in [3.8, 4) is 5.75 Å². The van der Waals surface area contributed by atoms with Crippen LogP contribution in [0.25, 0.3) is 0 Å². The van der Waals surface area contributed by atoms with Crippen molar-refractivity contribution in [3.63, 3.8) is 0 Å². The molecular weight excluding hydrogens is 329 g/mol. The van der Waals surface area contributed by atoms with Gasteiger partial charge in [0.15, 0.2) is 0 Å². The third-order valence-electron chi connectivity index (χ3n) is 3.58. The van der Waals surface area contributed by atoms with E-state index in [9.17, 15) is 9.90 Å². The summed E-state index contributed by atoms with van der Waals surface area (Å²) >= 11 is 0. The lowest BCUT2D eigenvalue weighted by Crippen LogP contribution is -2.53. The van der Waals surface area contributed by atoms with Gasteiger partial charge in [0, 0.05) is 45.5 Å². The molecule has 1 aromatic rings. The SMILES string of the molecule is COC(CN)C(=O)N1CCN(c2ccc(O)cc2)CC1.Cl.Cl. The number of amides is 1. The number of phenolic OH excluding ortho intramolecular Hbond substituents is 1. The normalized spacial score (nSPS) is 15.5. The molecule has 0 aliphatic carbocycles. The van der Waals surface area contributed by atoms with Crippen LogP contribution in [0.1, 0.15) is 0 Å². The lowest BCUT2D eigenvalue weighted by molar-refractivity contribution is -0.141. The Morgan fingerprint density at radius 3 is 2.23 bits per heavy atom. The highest BCUT2D eigenvalue weighted by atomic mass is 35.5. The molecule has 3 N–H and O–H groups in total. The Bertz CT molecular complexity index is 447. The van der Waals surface area contributed by atoms with E-state index in [1.807, 2.05) is 12.1 Å². The van der Waals surface area contributed by atoms with Crippen LogP contribution in [0.5, 0.6) is 5.75 Å². The minimum Gasteiger partial charge on any atom is -0.508 e. The van der Waals surface area contributed by atoms with Crippen molar-refractivity contribution < 1.29 is 14.6 Å². The number of carbonyl (C=O) groups is 1. The van der Waals surface area contributed by atoms with E-state index in [4.69, 9.17) is 10.5 Å². The number of benzene rings is 1. The summed E-state index contributed by atoms with van der Waals surface area (Å²) in [5.41, 5.74) is 6.57. The van der Waals surface area contributed by atoms with E-state index in [0.29, 0.717) is 13.1 Å². The molecule has 1 amide bonds. The maximum absolute atomic E-state index is 12.1. The Balaban J connectivity index is 0.00000220. The number of phenols is 1. The van der Waals surface area contributed by atoms with Gasteiger partial charge in [-0.25, -0.2) is 0 Å². The van der Waals surface area contributed by atoms with Crippen molar-refractivity contribution in [2.45, 2.75) is 6.10 Å². The van der Waals surface area contributed by atoms with Gasteiger partial charge in [-0.2, -0.15) is 0 Å². The Morgan fingerprint density at radius 1 is 1.23 bits per heavy atom. The number of piperazine rings is 1. The highest BCUT2D eigenvalue weighted by molar-refractivity contribution is 5.85. The third-order valence-corrected chi connectivity index (χ3v) is 3.58. The number of nitrogens with zero attached hydrogens (tertiary/aromatic N) is 2. The monoisotopic (exact) mass is 351 g/mol. The third kappa shape index (κ3) is 4.91. The summed E-state index contributed by atoms with van der Waals surface area (Å²) in [4.78, 5) is 16.1. The Kier molecular flexibility index (Phi) is 9.20. The number of hydrogen-bond donors (Lipinski definition) is 2. The molecule has 0 spiro atoms. The van der Waals surface area contributed by atoms with Crippen LogP contribution in [-0.4, -0.2) is 61.9 Å². The van der Waals surface area contributed by atoms with Crippen LogP contribution in [0, 0.1) is 0 Å². The van der Waals surface area contributed by atoms with E-state index in [1.165, 1.54) is 7.11 Å². The fourth-order valence-electron chi connectivity index (χ4n) is 2.35. The second-order valence-electron chi connectivity index (χ2n) is 4.79. The summed E-state index contributed by atoms with van der Waals surface area (Å²) < 4.78 is 5.08. The first-order chi connectivity index (χ1) is 9.65. The molecular formula is C14H23Cl2N3O3. The number of carbonyl (C=O) groups excluding carboxylic acids is 1. The standard InChI is InChI=1S/C14H21N3O3.2ClH/c1-20-13(10-15)14(19)17-8-6-16(7-9-17)11-2-4-12(18)5-3-11;;/h2-5,13,18H,6-10,15H2,1H3;2*1H. The number of methoxy groups -OCH3 is 1. The zero-order valence-electron chi connectivity index (χ0n) is 12.5. The molecule has 1 atom stereocenters. The summed E-state index contributed by atoms with van der Waals surface area (Å²) in [6.07, 6.45) is -0.546. The highest BCUT2D eigenvalue weighted by Crippen LogP contribution is 2.20. The first-order valence-electron chi connectivity index (χ1n) is 6.71. The molecule has 0 saturated carbocycles. The molecule has 1 aliphatic rings. The average molecular weight is 352 g/mol. The first-order valence-corrected chi connectivity index (χ1v) is 6.71. The van der Waals surface area contributed by atoms with Crippen LogP contribution in [0.2, 0.25) is 0 Å². The van der Waals surface area contributed by atoms with Crippen LogP contribution >= 0.6 is 24.8 Å². The zero-order valence-corrected chi connectivity index (χ0v) is 14.1. The molecule has 1 fully saturated rings. The molecule has 0 aromatic heterocycles. The van der Waals surface area contributed by atoms with Gasteiger partial charge in [-0.15, -0.1) is 24.8 Å². The van der Waals surface area contributed by atoms with Gasteiger partial charge in [0.05, 0.1) is 0 Å². The Hall–Kier alpha value is -1.21. The summed E-state index contributed by atoms with van der Waals surface area (Å²) in [5.74, 6) is 0.216. The Morgan fingerprint density at radius 2 is 1.77 bits per heavy atom. The summed E-state index contributed by atoms with van der Waals surface area (Å²) in [5, 5.41) is 9.29. The number of nitrogens with two attached hydrogens (primary N) is 1.